The third kappa shape index (κ3) is 59.5. The van der Waals surface area contributed by atoms with Crippen LogP contribution >= 0.6 is 0 Å². The molecule has 0 aliphatic carbocycles. The summed E-state index contributed by atoms with van der Waals surface area (Å²) in [7, 11) is 0. The summed E-state index contributed by atoms with van der Waals surface area (Å²) in [6.45, 7) is 6.53. The summed E-state index contributed by atoms with van der Waals surface area (Å²) in [4.78, 5) is 38.3. The van der Waals surface area contributed by atoms with E-state index in [4.69, 9.17) is 14.2 Å². The summed E-state index contributed by atoms with van der Waals surface area (Å²) in [5.74, 6) is -0.900. The molecule has 0 saturated carbocycles. The maximum Gasteiger partial charge on any atom is 0.306 e. The summed E-state index contributed by atoms with van der Waals surface area (Å²) in [5.41, 5.74) is 0. The Morgan fingerprint density at radius 3 is 0.838 bits per heavy atom. The van der Waals surface area contributed by atoms with Crippen LogP contribution in [0.3, 0.4) is 0 Å². The van der Waals surface area contributed by atoms with Crippen LogP contribution in [0.15, 0.2) is 85.1 Å². The second-order valence-electron chi connectivity index (χ2n) is 20.9. The number of hydrogen-bond donors (Lipinski definition) is 0. The lowest BCUT2D eigenvalue weighted by molar-refractivity contribution is -0.167. The lowest BCUT2D eigenvalue weighted by Crippen LogP contribution is -2.30. The minimum Gasteiger partial charge on any atom is -0.462 e. The van der Waals surface area contributed by atoms with E-state index in [0.29, 0.717) is 19.3 Å². The third-order valence-electron chi connectivity index (χ3n) is 13.6. The van der Waals surface area contributed by atoms with E-state index in [-0.39, 0.29) is 31.1 Å². The van der Waals surface area contributed by atoms with Crippen LogP contribution in [-0.4, -0.2) is 37.2 Å². The highest BCUT2D eigenvalue weighted by molar-refractivity contribution is 5.71. The first-order chi connectivity index (χ1) is 36.5. The van der Waals surface area contributed by atoms with Gasteiger partial charge in [0.15, 0.2) is 6.10 Å². The van der Waals surface area contributed by atoms with Crippen molar-refractivity contribution in [3.05, 3.63) is 85.1 Å². The van der Waals surface area contributed by atoms with E-state index in [2.05, 4.69) is 106 Å². The molecule has 0 aliphatic rings. The van der Waals surface area contributed by atoms with E-state index in [1.807, 2.05) is 0 Å². The molecule has 0 amide bonds. The largest absolute Gasteiger partial charge is 0.462 e. The van der Waals surface area contributed by atoms with E-state index in [9.17, 15) is 14.4 Å². The Bertz CT molecular complexity index is 1420. The van der Waals surface area contributed by atoms with Crippen molar-refractivity contribution >= 4 is 17.9 Å². The zero-order valence-corrected chi connectivity index (χ0v) is 48.8. The molecule has 0 N–H and O–H groups in total. The maximum atomic E-state index is 12.9. The quantitative estimate of drug-likeness (QED) is 0.0261. The number of carbonyl (C=O) groups excluding carboxylic acids is 3. The van der Waals surface area contributed by atoms with E-state index >= 15 is 0 Å². The van der Waals surface area contributed by atoms with Crippen molar-refractivity contribution in [2.75, 3.05) is 13.2 Å². The fraction of sp³-hybridized carbons (Fsp3) is 0.750. The normalized spacial score (nSPS) is 12.6. The predicted octanol–water partition coefficient (Wildman–Crippen LogP) is 21.5. The Morgan fingerprint density at radius 2 is 0.527 bits per heavy atom. The van der Waals surface area contributed by atoms with Crippen molar-refractivity contribution in [3.8, 4) is 0 Å². The van der Waals surface area contributed by atoms with Crippen LogP contribution in [0.1, 0.15) is 310 Å². The topological polar surface area (TPSA) is 78.9 Å². The van der Waals surface area contributed by atoms with Crippen LogP contribution in [0.2, 0.25) is 0 Å². The first-order valence-corrected chi connectivity index (χ1v) is 31.6. The zero-order chi connectivity index (χ0) is 53.6. The highest BCUT2D eigenvalue weighted by Crippen LogP contribution is 2.16. The highest BCUT2D eigenvalue weighted by atomic mass is 16.6. The van der Waals surface area contributed by atoms with Crippen molar-refractivity contribution in [1.29, 1.82) is 0 Å². The average molecular weight is 1030 g/mol. The molecule has 1 unspecified atom stereocenters. The Hall–Kier alpha value is -3.41. The number of rotatable bonds is 57. The summed E-state index contributed by atoms with van der Waals surface area (Å²) in [6, 6.07) is 0. The van der Waals surface area contributed by atoms with Crippen molar-refractivity contribution < 1.29 is 28.6 Å². The monoisotopic (exact) mass is 1030 g/mol. The van der Waals surface area contributed by atoms with E-state index in [1.54, 1.807) is 0 Å². The first kappa shape index (κ1) is 70.6. The van der Waals surface area contributed by atoms with Crippen molar-refractivity contribution in [3.63, 3.8) is 0 Å². The van der Waals surface area contributed by atoms with Gasteiger partial charge in [-0.3, -0.25) is 14.4 Å². The van der Waals surface area contributed by atoms with Gasteiger partial charge in [0.2, 0.25) is 0 Å². The van der Waals surface area contributed by atoms with E-state index in [1.165, 1.54) is 161 Å². The van der Waals surface area contributed by atoms with Crippen LogP contribution in [0.25, 0.3) is 0 Å². The lowest BCUT2D eigenvalue weighted by Gasteiger charge is -2.18. The minimum absolute atomic E-state index is 0.0830. The standard InChI is InChI=1S/C68H118O6/c1-4-7-10-13-16-19-22-25-27-29-31-33-34-36-37-39-41-43-46-49-52-55-58-61-67(70)73-64-65(63-72-66(69)60-57-54-51-48-45-24-21-18-15-12-9-6-3)74-68(71)62-59-56-53-50-47-44-42-40-38-35-32-30-28-26-23-20-17-14-11-8-5-2/h7,10,16,19,25,27,30-33,36-37,41,43,65H,4-6,8-9,11-15,17-18,20-24,26,28-29,34-35,38-40,42,44-64H2,1-3H3/b10-7-,19-16-,27-25-,32-30-,33-31-,37-36-,43-41-. The smallest absolute Gasteiger partial charge is 0.306 e. The summed E-state index contributed by atoms with van der Waals surface area (Å²) in [6.07, 6.45) is 81.5. The van der Waals surface area contributed by atoms with Crippen molar-refractivity contribution in [2.45, 2.75) is 316 Å². The van der Waals surface area contributed by atoms with Crippen LogP contribution in [0, 0.1) is 0 Å². The van der Waals surface area contributed by atoms with Crippen LogP contribution in [0.4, 0.5) is 0 Å². The van der Waals surface area contributed by atoms with Gasteiger partial charge in [-0.1, -0.05) is 279 Å². The molecule has 0 heterocycles. The molecule has 0 aliphatic heterocycles. The summed E-state index contributed by atoms with van der Waals surface area (Å²) >= 11 is 0. The number of allylic oxidation sites excluding steroid dienone is 14. The second kappa shape index (κ2) is 62.1. The SMILES string of the molecule is CC/C=C\C/C=C\C/C=C\C/C=C\C/C=C\C/C=C\CCCCCCC(=O)OCC(COC(=O)CCCCCCCCCCCCCC)OC(=O)CCCCCCCCCCC/C=C\CCCCCCCCCC. The molecular formula is C68H118O6. The number of unbranched alkanes of at least 4 members (excludes halogenated alkanes) is 32. The Labute approximate surface area is 458 Å². The second-order valence-corrected chi connectivity index (χ2v) is 20.9. The Morgan fingerprint density at radius 1 is 0.284 bits per heavy atom. The summed E-state index contributed by atoms with van der Waals surface area (Å²) < 4.78 is 16.9. The third-order valence-corrected chi connectivity index (χ3v) is 13.6. The molecule has 426 valence electrons. The van der Waals surface area contributed by atoms with E-state index < -0.39 is 6.10 Å². The predicted molar refractivity (Wildman–Crippen MR) is 321 cm³/mol. The molecule has 0 rings (SSSR count). The number of ether oxygens (including phenoxy) is 3. The molecule has 74 heavy (non-hydrogen) atoms. The number of carbonyl (C=O) groups is 3. The van der Waals surface area contributed by atoms with Gasteiger partial charge in [-0.25, -0.2) is 0 Å². The number of esters is 3. The minimum atomic E-state index is -0.788. The maximum absolute atomic E-state index is 12.9. The molecule has 0 aromatic heterocycles. The molecule has 0 saturated heterocycles. The zero-order valence-electron chi connectivity index (χ0n) is 48.8. The fourth-order valence-electron chi connectivity index (χ4n) is 8.91. The molecule has 0 aromatic carbocycles. The molecule has 0 radical (unpaired) electrons. The lowest BCUT2D eigenvalue weighted by atomic mass is 10.0. The van der Waals surface area contributed by atoms with Gasteiger partial charge in [-0.05, 0) is 96.3 Å². The van der Waals surface area contributed by atoms with Gasteiger partial charge in [0, 0.05) is 19.3 Å². The molecule has 6 heteroatoms. The molecular weight excluding hydrogens is 913 g/mol. The molecule has 0 fully saturated rings. The van der Waals surface area contributed by atoms with Gasteiger partial charge >= 0.3 is 17.9 Å². The van der Waals surface area contributed by atoms with Gasteiger partial charge in [0.25, 0.3) is 0 Å². The van der Waals surface area contributed by atoms with Gasteiger partial charge in [0.1, 0.15) is 13.2 Å². The van der Waals surface area contributed by atoms with Gasteiger partial charge in [-0.2, -0.15) is 0 Å². The van der Waals surface area contributed by atoms with Crippen molar-refractivity contribution in [1.82, 2.24) is 0 Å². The van der Waals surface area contributed by atoms with Gasteiger partial charge < -0.3 is 14.2 Å². The Kier molecular flexibility index (Phi) is 59.3. The molecule has 0 spiro atoms. The fourth-order valence-corrected chi connectivity index (χ4v) is 8.91. The number of hydrogen-bond acceptors (Lipinski definition) is 6. The highest BCUT2D eigenvalue weighted by Gasteiger charge is 2.19. The van der Waals surface area contributed by atoms with E-state index in [0.717, 1.165) is 109 Å². The molecule has 1 atom stereocenters. The van der Waals surface area contributed by atoms with Crippen LogP contribution < -0.4 is 0 Å². The first-order valence-electron chi connectivity index (χ1n) is 31.6. The summed E-state index contributed by atoms with van der Waals surface area (Å²) in [5, 5.41) is 0. The van der Waals surface area contributed by atoms with Crippen LogP contribution in [-0.2, 0) is 28.6 Å². The Balaban J connectivity index is 4.37. The average Bonchev–Trinajstić information content (AvgIpc) is 3.40. The molecule has 6 nitrogen and oxygen atoms in total. The van der Waals surface area contributed by atoms with Gasteiger partial charge in [0.05, 0.1) is 0 Å². The van der Waals surface area contributed by atoms with Gasteiger partial charge in [-0.15, -0.1) is 0 Å². The van der Waals surface area contributed by atoms with Crippen LogP contribution in [0.5, 0.6) is 0 Å². The molecule has 0 aromatic rings. The van der Waals surface area contributed by atoms with Crippen molar-refractivity contribution in [2.24, 2.45) is 0 Å². The molecule has 0 bridgehead atoms.